The first-order chi connectivity index (χ1) is 10.2. The number of H-pyrrole nitrogens is 1. The minimum Gasteiger partial charge on any atom is -0.493 e. The van der Waals surface area contributed by atoms with E-state index in [0.717, 1.165) is 5.56 Å². The summed E-state index contributed by atoms with van der Waals surface area (Å²) in [6, 6.07) is 12.6. The van der Waals surface area contributed by atoms with E-state index in [4.69, 9.17) is 0 Å². The number of nitrogens with zero attached hydrogens (tertiary/aromatic N) is 2. The molecular formula is C16H13N3O2. The molecule has 1 aromatic carbocycles. The fourth-order valence-corrected chi connectivity index (χ4v) is 2.15. The van der Waals surface area contributed by atoms with E-state index in [2.05, 4.69) is 15.0 Å². The third kappa shape index (κ3) is 2.81. The van der Waals surface area contributed by atoms with Gasteiger partial charge in [0, 0.05) is 18.8 Å². The average molecular weight is 279 g/mol. The van der Waals surface area contributed by atoms with E-state index in [1.54, 1.807) is 36.7 Å². The van der Waals surface area contributed by atoms with Gasteiger partial charge in [0.15, 0.2) is 0 Å². The highest BCUT2D eigenvalue weighted by molar-refractivity contribution is 5.66. The fourth-order valence-electron chi connectivity index (χ4n) is 2.15. The lowest BCUT2D eigenvalue weighted by molar-refractivity contribution is 0.450. The minimum absolute atomic E-state index is 0.189. The lowest BCUT2D eigenvalue weighted by atomic mass is 10.1. The maximum Gasteiger partial charge on any atom is 0.262 e. The highest BCUT2D eigenvalue weighted by Crippen LogP contribution is 2.23. The molecule has 21 heavy (non-hydrogen) atoms. The monoisotopic (exact) mass is 279 g/mol. The Hall–Kier alpha value is -2.95. The predicted octanol–water partition coefficient (Wildman–Crippen LogP) is 2.13. The Morgan fingerprint density at radius 2 is 1.76 bits per heavy atom. The molecule has 5 nitrogen and oxygen atoms in total. The summed E-state index contributed by atoms with van der Waals surface area (Å²) in [5, 5.41) is 10.1. The van der Waals surface area contributed by atoms with E-state index in [0.29, 0.717) is 17.8 Å². The van der Waals surface area contributed by atoms with Gasteiger partial charge in [0.1, 0.15) is 11.4 Å². The lowest BCUT2D eigenvalue weighted by Gasteiger charge is -2.06. The minimum atomic E-state index is -0.349. The molecule has 3 aromatic rings. The summed E-state index contributed by atoms with van der Waals surface area (Å²) in [6.45, 7) is 0. The molecule has 2 heterocycles. The Balaban J connectivity index is 1.99. The van der Waals surface area contributed by atoms with Gasteiger partial charge in [-0.2, -0.15) is 4.98 Å². The van der Waals surface area contributed by atoms with Crippen LogP contribution in [0.1, 0.15) is 11.4 Å². The van der Waals surface area contributed by atoms with Gasteiger partial charge in [0.05, 0.1) is 0 Å². The van der Waals surface area contributed by atoms with E-state index in [-0.39, 0.29) is 17.0 Å². The van der Waals surface area contributed by atoms with Crippen molar-refractivity contribution in [3.8, 4) is 17.0 Å². The van der Waals surface area contributed by atoms with Crippen LogP contribution >= 0.6 is 0 Å². The van der Waals surface area contributed by atoms with Crippen LogP contribution in [0.5, 0.6) is 5.88 Å². The Bertz CT molecular complexity index is 799. The topological polar surface area (TPSA) is 78.9 Å². The van der Waals surface area contributed by atoms with Gasteiger partial charge < -0.3 is 10.1 Å². The molecule has 0 atom stereocenters. The van der Waals surface area contributed by atoms with Gasteiger partial charge in [-0.25, -0.2) is 0 Å². The number of aromatic nitrogens is 3. The third-order valence-electron chi connectivity index (χ3n) is 3.13. The predicted molar refractivity (Wildman–Crippen MR) is 79.0 cm³/mol. The van der Waals surface area contributed by atoms with Crippen LogP contribution < -0.4 is 5.56 Å². The summed E-state index contributed by atoms with van der Waals surface area (Å²) in [4.78, 5) is 22.9. The number of nitrogens with one attached hydrogen (secondary N) is 1. The summed E-state index contributed by atoms with van der Waals surface area (Å²) < 4.78 is 0. The van der Waals surface area contributed by atoms with Crippen LogP contribution in [-0.4, -0.2) is 20.1 Å². The molecule has 0 bridgehead atoms. The standard InChI is InChI=1S/C16H13N3O2/c20-15-14(12-4-2-1-3-5-12)16(21)19-13(18-15)10-11-6-8-17-9-7-11/h1-9H,10H2,(H2,18,19,20,21). The molecule has 2 N–H and O–H groups in total. The largest absolute Gasteiger partial charge is 0.493 e. The Kier molecular flexibility index (Phi) is 3.47. The van der Waals surface area contributed by atoms with Crippen molar-refractivity contribution in [3.05, 3.63) is 76.6 Å². The first-order valence-corrected chi connectivity index (χ1v) is 6.50. The van der Waals surface area contributed by atoms with E-state index in [1.165, 1.54) is 0 Å². The van der Waals surface area contributed by atoms with Crippen molar-refractivity contribution >= 4 is 0 Å². The number of aromatic hydroxyl groups is 1. The molecular weight excluding hydrogens is 266 g/mol. The summed E-state index contributed by atoms with van der Waals surface area (Å²) >= 11 is 0. The molecule has 0 saturated carbocycles. The number of rotatable bonds is 3. The molecule has 2 aromatic heterocycles. The molecule has 0 unspecified atom stereocenters. The van der Waals surface area contributed by atoms with Gasteiger partial charge in [-0.3, -0.25) is 9.78 Å². The summed E-state index contributed by atoms with van der Waals surface area (Å²) in [5.74, 6) is 0.164. The van der Waals surface area contributed by atoms with Gasteiger partial charge in [-0.15, -0.1) is 0 Å². The SMILES string of the molecule is O=c1[nH]c(Cc2ccncc2)nc(O)c1-c1ccccc1. The van der Waals surface area contributed by atoms with Crippen molar-refractivity contribution in [2.24, 2.45) is 0 Å². The Morgan fingerprint density at radius 1 is 1.05 bits per heavy atom. The van der Waals surface area contributed by atoms with Crippen molar-refractivity contribution in [3.63, 3.8) is 0 Å². The van der Waals surface area contributed by atoms with Crippen LogP contribution in [-0.2, 0) is 6.42 Å². The highest BCUT2D eigenvalue weighted by Gasteiger charge is 2.12. The number of aromatic amines is 1. The van der Waals surface area contributed by atoms with Gasteiger partial charge in [-0.1, -0.05) is 30.3 Å². The third-order valence-corrected chi connectivity index (χ3v) is 3.13. The molecule has 0 saturated heterocycles. The van der Waals surface area contributed by atoms with Crippen LogP contribution in [0.3, 0.4) is 0 Å². The van der Waals surface area contributed by atoms with E-state index in [9.17, 15) is 9.90 Å². The van der Waals surface area contributed by atoms with Gasteiger partial charge in [0.2, 0.25) is 5.88 Å². The second kappa shape index (κ2) is 5.58. The van der Waals surface area contributed by atoms with Crippen molar-refractivity contribution < 1.29 is 5.11 Å². The van der Waals surface area contributed by atoms with Crippen LogP contribution in [0.2, 0.25) is 0 Å². The number of benzene rings is 1. The maximum absolute atomic E-state index is 12.2. The molecule has 0 aliphatic rings. The zero-order valence-electron chi connectivity index (χ0n) is 11.2. The molecule has 0 fully saturated rings. The lowest BCUT2D eigenvalue weighted by Crippen LogP contribution is -2.14. The van der Waals surface area contributed by atoms with E-state index >= 15 is 0 Å². The average Bonchev–Trinajstić information content (AvgIpc) is 2.49. The smallest absolute Gasteiger partial charge is 0.262 e. The quantitative estimate of drug-likeness (QED) is 0.769. The summed E-state index contributed by atoms with van der Waals surface area (Å²) in [6.07, 6.45) is 3.78. The Labute approximate surface area is 121 Å². The highest BCUT2D eigenvalue weighted by atomic mass is 16.3. The molecule has 0 amide bonds. The number of hydrogen-bond donors (Lipinski definition) is 2. The van der Waals surface area contributed by atoms with Crippen molar-refractivity contribution in [2.75, 3.05) is 0 Å². The fraction of sp³-hybridized carbons (Fsp3) is 0.0625. The number of hydrogen-bond acceptors (Lipinski definition) is 4. The van der Waals surface area contributed by atoms with Crippen molar-refractivity contribution in [2.45, 2.75) is 6.42 Å². The molecule has 5 heteroatoms. The zero-order chi connectivity index (χ0) is 14.7. The van der Waals surface area contributed by atoms with E-state index < -0.39 is 0 Å². The first kappa shape index (κ1) is 13.1. The molecule has 104 valence electrons. The Morgan fingerprint density at radius 3 is 2.43 bits per heavy atom. The van der Waals surface area contributed by atoms with Crippen LogP contribution in [0.25, 0.3) is 11.1 Å². The molecule has 0 spiro atoms. The normalized spacial score (nSPS) is 10.5. The van der Waals surface area contributed by atoms with Crippen molar-refractivity contribution in [1.29, 1.82) is 0 Å². The van der Waals surface area contributed by atoms with Crippen molar-refractivity contribution in [1.82, 2.24) is 15.0 Å². The second-order valence-corrected chi connectivity index (χ2v) is 4.61. The van der Waals surface area contributed by atoms with Crippen LogP contribution in [0.15, 0.2) is 59.7 Å². The molecule has 0 radical (unpaired) electrons. The zero-order valence-corrected chi connectivity index (χ0v) is 11.2. The van der Waals surface area contributed by atoms with Gasteiger partial charge >= 0.3 is 0 Å². The summed E-state index contributed by atoms with van der Waals surface area (Å²) in [5.41, 5.74) is 1.44. The first-order valence-electron chi connectivity index (χ1n) is 6.50. The number of pyridine rings is 1. The second-order valence-electron chi connectivity index (χ2n) is 4.61. The molecule has 0 aliphatic heterocycles. The van der Waals surface area contributed by atoms with Gasteiger partial charge in [0.25, 0.3) is 5.56 Å². The van der Waals surface area contributed by atoms with E-state index in [1.807, 2.05) is 18.2 Å². The van der Waals surface area contributed by atoms with Crippen LogP contribution in [0, 0.1) is 0 Å². The molecule has 0 aliphatic carbocycles. The summed E-state index contributed by atoms with van der Waals surface area (Å²) in [7, 11) is 0. The van der Waals surface area contributed by atoms with Crippen LogP contribution in [0.4, 0.5) is 0 Å². The molecule has 3 rings (SSSR count). The van der Waals surface area contributed by atoms with Gasteiger partial charge in [-0.05, 0) is 23.3 Å². The maximum atomic E-state index is 12.2.